The molecule has 1 amide bonds. The SMILES string of the molecule is CN(Cc1cc(Sc2ccncc2)n(-c2ccccc2Cl)n1)C(=O)O. The standard InChI is InChI=1S/C17H15ClN4O2S/c1-21(17(23)24)11-12-10-16(25-13-6-8-19-9-7-13)22(20-12)15-5-3-2-4-14(15)18/h2-10H,11H2,1H3,(H,23,24). The summed E-state index contributed by atoms with van der Waals surface area (Å²) in [6.45, 7) is 0.191. The van der Waals surface area contributed by atoms with Gasteiger partial charge in [0.2, 0.25) is 0 Å². The molecule has 3 aromatic rings. The van der Waals surface area contributed by atoms with Gasteiger partial charge in [-0.2, -0.15) is 5.10 Å². The second-order valence-electron chi connectivity index (χ2n) is 5.26. The minimum Gasteiger partial charge on any atom is -0.465 e. The molecule has 25 heavy (non-hydrogen) atoms. The van der Waals surface area contributed by atoms with E-state index in [9.17, 15) is 4.79 Å². The monoisotopic (exact) mass is 374 g/mol. The number of halogens is 1. The highest BCUT2D eigenvalue weighted by atomic mass is 35.5. The molecule has 0 saturated heterocycles. The first-order valence-corrected chi connectivity index (χ1v) is 8.60. The van der Waals surface area contributed by atoms with Crippen LogP contribution in [-0.4, -0.2) is 37.9 Å². The second kappa shape index (κ2) is 7.58. The molecule has 2 aromatic heterocycles. The molecule has 0 atom stereocenters. The normalized spacial score (nSPS) is 10.6. The third kappa shape index (κ3) is 4.12. The average molecular weight is 375 g/mol. The molecule has 2 heterocycles. The molecule has 8 heteroatoms. The fourth-order valence-corrected chi connectivity index (χ4v) is 3.33. The van der Waals surface area contributed by atoms with Crippen molar-refractivity contribution in [2.24, 2.45) is 0 Å². The Morgan fingerprint density at radius 3 is 2.68 bits per heavy atom. The van der Waals surface area contributed by atoms with Crippen molar-refractivity contribution in [3.63, 3.8) is 0 Å². The molecule has 0 aliphatic rings. The highest BCUT2D eigenvalue weighted by Crippen LogP contribution is 2.32. The van der Waals surface area contributed by atoms with Gasteiger partial charge in [-0.15, -0.1) is 0 Å². The molecule has 1 N–H and O–H groups in total. The van der Waals surface area contributed by atoms with Crippen LogP contribution in [0.1, 0.15) is 5.69 Å². The highest BCUT2D eigenvalue weighted by molar-refractivity contribution is 7.99. The number of aromatic nitrogens is 3. The van der Waals surface area contributed by atoms with E-state index in [1.54, 1.807) is 23.1 Å². The van der Waals surface area contributed by atoms with E-state index in [2.05, 4.69) is 10.1 Å². The lowest BCUT2D eigenvalue weighted by molar-refractivity contribution is 0.153. The van der Waals surface area contributed by atoms with Crippen molar-refractivity contribution in [2.75, 3.05) is 7.05 Å². The first-order chi connectivity index (χ1) is 12.0. The van der Waals surface area contributed by atoms with Gasteiger partial charge in [0.25, 0.3) is 0 Å². The maximum absolute atomic E-state index is 11.1. The summed E-state index contributed by atoms with van der Waals surface area (Å²) in [4.78, 5) is 17.3. The topological polar surface area (TPSA) is 71.2 Å². The Morgan fingerprint density at radius 1 is 1.28 bits per heavy atom. The Balaban J connectivity index is 2.00. The summed E-state index contributed by atoms with van der Waals surface area (Å²) in [5.74, 6) is 0. The predicted octanol–water partition coefficient (Wildman–Crippen LogP) is 4.18. The van der Waals surface area contributed by atoms with Crippen LogP contribution in [0.25, 0.3) is 5.69 Å². The number of pyridine rings is 1. The van der Waals surface area contributed by atoms with Gasteiger partial charge in [-0.1, -0.05) is 35.5 Å². The van der Waals surface area contributed by atoms with Crippen LogP contribution in [0.5, 0.6) is 0 Å². The van der Waals surface area contributed by atoms with Crippen molar-refractivity contribution in [1.29, 1.82) is 0 Å². The van der Waals surface area contributed by atoms with Crippen molar-refractivity contribution in [3.8, 4) is 5.69 Å². The Hall–Kier alpha value is -2.51. The highest BCUT2D eigenvalue weighted by Gasteiger charge is 2.16. The maximum Gasteiger partial charge on any atom is 0.407 e. The number of benzene rings is 1. The minimum atomic E-state index is -1.00. The first-order valence-electron chi connectivity index (χ1n) is 7.40. The molecule has 6 nitrogen and oxygen atoms in total. The minimum absolute atomic E-state index is 0.191. The Kier molecular flexibility index (Phi) is 5.25. The molecule has 128 valence electrons. The van der Waals surface area contributed by atoms with Crippen LogP contribution >= 0.6 is 23.4 Å². The molecule has 0 aliphatic heterocycles. The van der Waals surface area contributed by atoms with Crippen molar-refractivity contribution in [3.05, 3.63) is 65.6 Å². The molecule has 0 fully saturated rings. The number of carboxylic acid groups (broad SMARTS) is 1. The summed E-state index contributed by atoms with van der Waals surface area (Å²) >= 11 is 7.82. The third-order valence-electron chi connectivity index (χ3n) is 3.41. The van der Waals surface area contributed by atoms with Crippen LogP contribution in [0.4, 0.5) is 4.79 Å². The first kappa shape index (κ1) is 17.3. The lowest BCUT2D eigenvalue weighted by Gasteiger charge is -2.10. The fourth-order valence-electron chi connectivity index (χ4n) is 2.19. The lowest BCUT2D eigenvalue weighted by Crippen LogP contribution is -2.24. The van der Waals surface area contributed by atoms with E-state index < -0.39 is 6.09 Å². The number of rotatable bonds is 5. The van der Waals surface area contributed by atoms with E-state index in [0.717, 1.165) is 15.6 Å². The van der Waals surface area contributed by atoms with Gasteiger partial charge in [0.05, 0.1) is 22.9 Å². The maximum atomic E-state index is 11.1. The summed E-state index contributed by atoms with van der Waals surface area (Å²) in [5.41, 5.74) is 1.38. The summed E-state index contributed by atoms with van der Waals surface area (Å²) in [5, 5.41) is 15.0. The molecule has 0 unspecified atom stereocenters. The largest absolute Gasteiger partial charge is 0.465 e. The number of hydrogen-bond donors (Lipinski definition) is 1. The van der Waals surface area contributed by atoms with E-state index in [-0.39, 0.29) is 6.54 Å². The van der Waals surface area contributed by atoms with Crippen molar-refractivity contribution >= 4 is 29.5 Å². The number of amides is 1. The van der Waals surface area contributed by atoms with E-state index >= 15 is 0 Å². The molecule has 0 saturated carbocycles. The van der Waals surface area contributed by atoms with Crippen LogP contribution in [-0.2, 0) is 6.54 Å². The summed E-state index contributed by atoms with van der Waals surface area (Å²) in [6.07, 6.45) is 2.44. The summed E-state index contributed by atoms with van der Waals surface area (Å²) in [7, 11) is 1.51. The zero-order chi connectivity index (χ0) is 17.8. The Labute approximate surface area is 154 Å². The molecular weight excluding hydrogens is 360 g/mol. The van der Waals surface area contributed by atoms with Crippen molar-refractivity contribution < 1.29 is 9.90 Å². The zero-order valence-corrected chi connectivity index (χ0v) is 14.9. The zero-order valence-electron chi connectivity index (χ0n) is 13.3. The van der Waals surface area contributed by atoms with Gasteiger partial charge in [0.15, 0.2) is 0 Å². The van der Waals surface area contributed by atoms with Crippen LogP contribution < -0.4 is 0 Å². The van der Waals surface area contributed by atoms with Gasteiger partial charge in [0.1, 0.15) is 5.03 Å². The Bertz CT molecular complexity index is 885. The number of nitrogens with zero attached hydrogens (tertiary/aromatic N) is 4. The van der Waals surface area contributed by atoms with Gasteiger partial charge in [-0.25, -0.2) is 9.48 Å². The van der Waals surface area contributed by atoms with Crippen LogP contribution in [0.15, 0.2) is 64.8 Å². The fraction of sp³-hybridized carbons (Fsp3) is 0.118. The quantitative estimate of drug-likeness (QED) is 0.725. The number of carbonyl (C=O) groups is 1. The third-order valence-corrected chi connectivity index (χ3v) is 4.73. The van der Waals surface area contributed by atoms with Gasteiger partial charge in [-0.3, -0.25) is 4.98 Å². The van der Waals surface area contributed by atoms with E-state index in [4.69, 9.17) is 16.7 Å². The lowest BCUT2D eigenvalue weighted by atomic mass is 10.3. The van der Waals surface area contributed by atoms with Crippen LogP contribution in [0.2, 0.25) is 5.02 Å². The van der Waals surface area contributed by atoms with Gasteiger partial charge in [0, 0.05) is 24.3 Å². The van der Waals surface area contributed by atoms with Crippen LogP contribution in [0.3, 0.4) is 0 Å². The number of para-hydroxylation sites is 1. The second-order valence-corrected chi connectivity index (χ2v) is 6.76. The summed E-state index contributed by atoms with van der Waals surface area (Å²) in [6, 6.07) is 13.1. The smallest absolute Gasteiger partial charge is 0.407 e. The van der Waals surface area contributed by atoms with E-state index in [0.29, 0.717) is 10.7 Å². The van der Waals surface area contributed by atoms with E-state index in [1.807, 2.05) is 36.4 Å². The van der Waals surface area contributed by atoms with Crippen molar-refractivity contribution in [2.45, 2.75) is 16.5 Å². The molecule has 0 aliphatic carbocycles. The molecule has 3 rings (SSSR count). The van der Waals surface area contributed by atoms with Gasteiger partial charge < -0.3 is 10.0 Å². The molecule has 0 spiro atoms. The van der Waals surface area contributed by atoms with Gasteiger partial charge >= 0.3 is 6.09 Å². The molecule has 0 bridgehead atoms. The summed E-state index contributed by atoms with van der Waals surface area (Å²) < 4.78 is 1.73. The van der Waals surface area contributed by atoms with Crippen molar-refractivity contribution in [1.82, 2.24) is 19.7 Å². The molecule has 0 radical (unpaired) electrons. The van der Waals surface area contributed by atoms with Gasteiger partial charge in [-0.05, 0) is 30.3 Å². The number of hydrogen-bond acceptors (Lipinski definition) is 4. The Morgan fingerprint density at radius 2 is 2.00 bits per heavy atom. The predicted molar refractivity (Wildman–Crippen MR) is 96.4 cm³/mol. The van der Waals surface area contributed by atoms with E-state index in [1.165, 1.54) is 23.7 Å². The molecule has 1 aromatic carbocycles. The molecular formula is C17H15ClN4O2S. The van der Waals surface area contributed by atoms with Crippen LogP contribution in [0, 0.1) is 0 Å². The average Bonchev–Trinajstić information content (AvgIpc) is 2.98.